The molecule has 2 aromatic carbocycles. The molecule has 2 heterocycles. The number of benzene rings is 2. The fourth-order valence-electron chi connectivity index (χ4n) is 3.92. The minimum atomic E-state index is -0.157. The summed E-state index contributed by atoms with van der Waals surface area (Å²) in [5, 5.41) is 4.11. The van der Waals surface area contributed by atoms with E-state index >= 15 is 0 Å². The van der Waals surface area contributed by atoms with Crippen LogP contribution in [0.15, 0.2) is 47.3 Å². The molecular weight excluding hydrogens is 468 g/mol. The number of aromatic nitrogens is 2. The Morgan fingerprint density at radius 3 is 2.59 bits per heavy atom. The number of aromatic amines is 1. The van der Waals surface area contributed by atoms with Gasteiger partial charge in [0.25, 0.3) is 5.56 Å². The number of hydrogen-bond donors (Lipinski definition) is 2. The van der Waals surface area contributed by atoms with E-state index in [-0.39, 0.29) is 18.0 Å². The van der Waals surface area contributed by atoms with Gasteiger partial charge in [0.05, 0.1) is 18.5 Å². The number of H-pyrrole nitrogens is 1. The van der Waals surface area contributed by atoms with Crippen molar-refractivity contribution in [1.29, 1.82) is 0 Å². The van der Waals surface area contributed by atoms with Gasteiger partial charge in [-0.05, 0) is 50.6 Å². The summed E-state index contributed by atoms with van der Waals surface area (Å²) < 4.78 is 0. The van der Waals surface area contributed by atoms with Crippen molar-refractivity contribution < 1.29 is 4.79 Å². The molecule has 0 saturated carbocycles. The van der Waals surface area contributed by atoms with Crippen LogP contribution in [0.5, 0.6) is 0 Å². The van der Waals surface area contributed by atoms with Gasteiger partial charge in [-0.1, -0.05) is 54.4 Å². The van der Waals surface area contributed by atoms with Crippen molar-refractivity contribution in [1.82, 2.24) is 14.9 Å². The number of nitrogens with one attached hydrogen (secondary N) is 2. The molecule has 0 bridgehead atoms. The van der Waals surface area contributed by atoms with Gasteiger partial charge >= 0.3 is 0 Å². The minimum Gasteiger partial charge on any atom is -0.325 e. The van der Waals surface area contributed by atoms with Gasteiger partial charge in [-0.2, -0.15) is 0 Å². The van der Waals surface area contributed by atoms with Gasteiger partial charge in [-0.15, -0.1) is 11.3 Å². The van der Waals surface area contributed by atoms with Crippen molar-refractivity contribution in [2.75, 3.05) is 18.4 Å². The number of rotatable bonds is 7. The van der Waals surface area contributed by atoms with E-state index in [4.69, 9.17) is 16.6 Å². The normalized spacial score (nSPS) is 11.4. The first-order chi connectivity index (χ1) is 16.2. The number of carbonyl (C=O) groups excluding carboxylic acids is 1. The van der Waals surface area contributed by atoms with Gasteiger partial charge in [0.15, 0.2) is 0 Å². The summed E-state index contributed by atoms with van der Waals surface area (Å²) >= 11 is 7.58. The fraction of sp³-hybridized carbons (Fsp3) is 0.269. The van der Waals surface area contributed by atoms with Gasteiger partial charge in [-0.3, -0.25) is 14.5 Å². The first-order valence-corrected chi connectivity index (χ1v) is 12.3. The molecule has 0 aliphatic rings. The second kappa shape index (κ2) is 10.1. The second-order valence-corrected chi connectivity index (χ2v) is 10.0. The van der Waals surface area contributed by atoms with Crippen molar-refractivity contribution in [3.8, 4) is 11.1 Å². The van der Waals surface area contributed by atoms with E-state index in [9.17, 15) is 9.59 Å². The van der Waals surface area contributed by atoms with Crippen LogP contribution in [-0.2, 0) is 11.3 Å². The number of anilines is 1. The summed E-state index contributed by atoms with van der Waals surface area (Å²) in [7, 11) is 0. The van der Waals surface area contributed by atoms with E-state index in [0.717, 1.165) is 21.6 Å². The van der Waals surface area contributed by atoms with Crippen molar-refractivity contribution >= 4 is 44.7 Å². The molecule has 176 valence electrons. The van der Waals surface area contributed by atoms with Crippen LogP contribution in [0.1, 0.15) is 28.8 Å². The Labute approximate surface area is 207 Å². The maximum absolute atomic E-state index is 13.1. The van der Waals surface area contributed by atoms with Gasteiger partial charge < -0.3 is 10.3 Å². The molecule has 0 spiro atoms. The molecule has 4 rings (SSSR count). The smallest absolute Gasteiger partial charge is 0.260 e. The Hall–Kier alpha value is -3.00. The van der Waals surface area contributed by atoms with E-state index in [1.165, 1.54) is 16.9 Å². The lowest BCUT2D eigenvalue weighted by Crippen LogP contribution is -2.34. The highest BCUT2D eigenvalue weighted by molar-refractivity contribution is 7.19. The Morgan fingerprint density at radius 2 is 1.88 bits per heavy atom. The summed E-state index contributed by atoms with van der Waals surface area (Å²) in [5.41, 5.74) is 4.59. The number of aryl methyl sites for hydroxylation is 3. The maximum atomic E-state index is 13.1. The maximum Gasteiger partial charge on any atom is 0.260 e. The summed E-state index contributed by atoms with van der Waals surface area (Å²) in [6.45, 7) is 9.10. The summed E-state index contributed by atoms with van der Waals surface area (Å²) in [6, 6.07) is 13.6. The van der Waals surface area contributed by atoms with Crippen LogP contribution >= 0.6 is 22.9 Å². The lowest BCUT2D eigenvalue weighted by atomic mass is 10.0. The molecule has 1 amide bonds. The van der Waals surface area contributed by atoms with Crippen molar-refractivity contribution in [3.05, 3.63) is 79.7 Å². The zero-order valence-corrected chi connectivity index (χ0v) is 21.2. The first kappa shape index (κ1) is 24.1. The first-order valence-electron chi connectivity index (χ1n) is 11.1. The molecule has 6 nitrogen and oxygen atoms in total. The SMILES string of the molecule is CCN(CC(=O)Nc1cc(Cl)ccc1C)Cc1nc2sc(C)c(-c3ccc(C)cc3)c2c(=O)[nH]1. The van der Waals surface area contributed by atoms with Crippen molar-refractivity contribution in [2.45, 2.75) is 34.2 Å². The van der Waals surface area contributed by atoms with Crippen LogP contribution in [-0.4, -0.2) is 33.9 Å². The lowest BCUT2D eigenvalue weighted by molar-refractivity contribution is -0.117. The van der Waals surface area contributed by atoms with E-state index in [1.54, 1.807) is 12.1 Å². The molecule has 4 aromatic rings. The van der Waals surface area contributed by atoms with Crippen LogP contribution in [0.4, 0.5) is 5.69 Å². The predicted octanol–water partition coefficient (Wildman–Crippen LogP) is 5.69. The molecule has 0 unspecified atom stereocenters. The number of fused-ring (bicyclic) bond motifs is 1. The van der Waals surface area contributed by atoms with E-state index in [2.05, 4.69) is 10.3 Å². The Morgan fingerprint density at radius 1 is 1.15 bits per heavy atom. The molecule has 8 heteroatoms. The van der Waals surface area contributed by atoms with Crippen molar-refractivity contribution in [2.24, 2.45) is 0 Å². The average Bonchev–Trinajstić information content (AvgIpc) is 3.12. The van der Waals surface area contributed by atoms with E-state index in [0.29, 0.717) is 39.8 Å². The Bertz CT molecular complexity index is 1410. The zero-order chi connectivity index (χ0) is 24.4. The minimum absolute atomic E-state index is 0.149. The average molecular weight is 495 g/mol. The van der Waals surface area contributed by atoms with Crippen LogP contribution < -0.4 is 10.9 Å². The fourth-order valence-corrected chi connectivity index (χ4v) is 5.16. The number of carbonyl (C=O) groups is 1. The number of amides is 1. The molecule has 2 aromatic heterocycles. The van der Waals surface area contributed by atoms with Crippen LogP contribution in [0.2, 0.25) is 5.02 Å². The quantitative estimate of drug-likeness (QED) is 0.346. The topological polar surface area (TPSA) is 78.1 Å². The van der Waals surface area contributed by atoms with E-state index < -0.39 is 0 Å². The zero-order valence-electron chi connectivity index (χ0n) is 19.7. The number of likely N-dealkylation sites (N-methyl/N-ethyl adjacent to an activating group) is 1. The number of halogens is 1. The van der Waals surface area contributed by atoms with Crippen LogP contribution in [0.3, 0.4) is 0 Å². The summed E-state index contributed by atoms with van der Waals surface area (Å²) in [6.07, 6.45) is 0. The highest BCUT2D eigenvalue weighted by Crippen LogP contribution is 2.35. The van der Waals surface area contributed by atoms with Gasteiger partial charge in [0, 0.05) is 21.2 Å². The predicted molar refractivity (Wildman–Crippen MR) is 141 cm³/mol. The third-order valence-electron chi connectivity index (χ3n) is 5.79. The molecule has 0 atom stereocenters. The van der Waals surface area contributed by atoms with Crippen LogP contribution in [0.25, 0.3) is 21.3 Å². The highest BCUT2D eigenvalue weighted by Gasteiger charge is 2.18. The van der Waals surface area contributed by atoms with Gasteiger partial charge in [0.2, 0.25) is 5.91 Å². The molecule has 0 aliphatic carbocycles. The molecule has 0 saturated heterocycles. The standard InChI is InChI=1S/C26H27ClN4O2S/c1-5-31(14-22(32)28-20-12-19(27)11-8-16(20)3)13-21-29-25(33)24-23(17(4)34-26(24)30-21)18-9-6-15(2)7-10-18/h6-12H,5,13-14H2,1-4H3,(H,28,32)(H,29,30,33). The summed E-state index contributed by atoms with van der Waals surface area (Å²) in [5.74, 6) is 0.395. The highest BCUT2D eigenvalue weighted by atomic mass is 35.5. The Balaban J connectivity index is 1.55. The number of nitrogens with zero attached hydrogens (tertiary/aromatic N) is 2. The monoisotopic (exact) mass is 494 g/mol. The molecule has 0 aliphatic heterocycles. The molecule has 34 heavy (non-hydrogen) atoms. The third-order valence-corrected chi connectivity index (χ3v) is 7.02. The van der Waals surface area contributed by atoms with Crippen LogP contribution in [0, 0.1) is 20.8 Å². The molecule has 0 fully saturated rings. The number of thiophene rings is 1. The van der Waals surface area contributed by atoms with E-state index in [1.807, 2.05) is 62.9 Å². The molecule has 2 N–H and O–H groups in total. The largest absolute Gasteiger partial charge is 0.325 e. The number of hydrogen-bond acceptors (Lipinski definition) is 5. The second-order valence-electron chi connectivity index (χ2n) is 8.40. The van der Waals surface area contributed by atoms with Gasteiger partial charge in [-0.25, -0.2) is 4.98 Å². The molecular formula is C26H27ClN4O2S. The lowest BCUT2D eigenvalue weighted by Gasteiger charge is -2.19. The summed E-state index contributed by atoms with van der Waals surface area (Å²) in [4.78, 5) is 37.1. The van der Waals surface area contributed by atoms with Gasteiger partial charge in [0.1, 0.15) is 10.7 Å². The third kappa shape index (κ3) is 5.22. The van der Waals surface area contributed by atoms with Crippen molar-refractivity contribution in [3.63, 3.8) is 0 Å². The molecule has 0 radical (unpaired) electrons. The Kier molecular flexibility index (Phi) is 7.16.